The van der Waals surface area contributed by atoms with Gasteiger partial charge in [-0.3, -0.25) is 4.48 Å². The fraction of sp³-hybridized carbons (Fsp3) is 0.280. The summed E-state index contributed by atoms with van der Waals surface area (Å²) in [5.74, 6) is 1.75. The Bertz CT molecular complexity index is 879. The quantitative estimate of drug-likeness (QED) is 0.397. The van der Waals surface area contributed by atoms with E-state index in [9.17, 15) is 0 Å². The maximum Gasteiger partial charge on any atom is 0.174 e. The number of quaternary nitrogens is 1. The van der Waals surface area contributed by atoms with Crippen LogP contribution in [0.4, 0.5) is 0 Å². The number of benzene rings is 3. The van der Waals surface area contributed by atoms with E-state index in [1.165, 1.54) is 11.1 Å². The third-order valence-electron chi connectivity index (χ3n) is 6.02. The van der Waals surface area contributed by atoms with E-state index in [2.05, 4.69) is 67.6 Å². The van der Waals surface area contributed by atoms with Crippen LogP contribution in [0.2, 0.25) is 0 Å². The second kappa shape index (κ2) is 8.07. The largest absolute Gasteiger partial charge is 0.497 e. The zero-order chi connectivity index (χ0) is 19.4. The van der Waals surface area contributed by atoms with Gasteiger partial charge in [0.25, 0.3) is 0 Å². The lowest BCUT2D eigenvalue weighted by atomic mass is 10.1. The highest BCUT2D eigenvalue weighted by molar-refractivity contribution is 5.31. The molecule has 3 aromatic rings. The molecule has 3 aromatic carbocycles. The molecular formula is C25H28NO2+. The fourth-order valence-corrected chi connectivity index (χ4v) is 4.17. The van der Waals surface area contributed by atoms with Crippen molar-refractivity contribution in [3.8, 4) is 11.5 Å². The highest BCUT2D eigenvalue weighted by Gasteiger charge is 2.58. The lowest BCUT2D eigenvalue weighted by Gasteiger charge is -2.28. The van der Waals surface area contributed by atoms with Gasteiger partial charge in [0, 0.05) is 11.1 Å². The van der Waals surface area contributed by atoms with Crippen LogP contribution >= 0.6 is 0 Å². The zero-order valence-electron chi connectivity index (χ0n) is 16.6. The van der Waals surface area contributed by atoms with Gasteiger partial charge in [-0.25, -0.2) is 0 Å². The van der Waals surface area contributed by atoms with Crippen molar-refractivity contribution in [2.75, 3.05) is 20.3 Å². The Morgan fingerprint density at radius 1 is 0.857 bits per heavy atom. The Labute approximate surface area is 167 Å². The highest BCUT2D eigenvalue weighted by atomic mass is 16.5. The van der Waals surface area contributed by atoms with E-state index >= 15 is 0 Å². The zero-order valence-corrected chi connectivity index (χ0v) is 16.6. The van der Waals surface area contributed by atoms with Crippen LogP contribution in [0.5, 0.6) is 11.5 Å². The topological polar surface area (TPSA) is 18.5 Å². The van der Waals surface area contributed by atoms with Gasteiger partial charge in [0.2, 0.25) is 0 Å². The molecule has 1 aliphatic heterocycles. The summed E-state index contributed by atoms with van der Waals surface area (Å²) >= 11 is 0. The first-order valence-electron chi connectivity index (χ1n) is 9.93. The summed E-state index contributed by atoms with van der Waals surface area (Å²) in [5, 5.41) is 0. The standard InChI is InChI=1S/C25H28NO2/c1-20(22-11-7-4-8-12-22)26(17-21-9-5-3-6-10-21)18-23(26)19-28-25-15-13-24(27-2)14-16-25/h3-16,20,23H,17-19H2,1-2H3/q+1/t20-,23+,26?/m1/s1. The van der Waals surface area contributed by atoms with Gasteiger partial charge in [-0.15, -0.1) is 0 Å². The number of nitrogens with zero attached hydrogens (tertiary/aromatic N) is 1. The van der Waals surface area contributed by atoms with Crippen LogP contribution in [0.3, 0.4) is 0 Å². The first-order valence-corrected chi connectivity index (χ1v) is 9.93. The molecule has 0 aliphatic carbocycles. The molecule has 0 saturated carbocycles. The van der Waals surface area contributed by atoms with Gasteiger partial charge in [0.15, 0.2) is 6.04 Å². The molecule has 144 valence electrons. The summed E-state index contributed by atoms with van der Waals surface area (Å²) in [6, 6.07) is 30.4. The Balaban J connectivity index is 1.50. The third-order valence-corrected chi connectivity index (χ3v) is 6.02. The average molecular weight is 375 g/mol. The van der Waals surface area contributed by atoms with Crippen molar-refractivity contribution in [2.24, 2.45) is 0 Å². The molecule has 3 nitrogen and oxygen atoms in total. The third kappa shape index (κ3) is 3.90. The molecular weight excluding hydrogens is 346 g/mol. The van der Waals surface area contributed by atoms with E-state index < -0.39 is 0 Å². The summed E-state index contributed by atoms with van der Waals surface area (Å²) in [6.07, 6.45) is 0. The molecule has 4 rings (SSSR count). The van der Waals surface area contributed by atoms with Gasteiger partial charge < -0.3 is 9.47 Å². The number of hydrogen-bond donors (Lipinski definition) is 0. The van der Waals surface area contributed by atoms with Crippen molar-refractivity contribution in [3.05, 3.63) is 96.1 Å². The lowest BCUT2D eigenvalue weighted by Crippen LogP contribution is -2.33. The first kappa shape index (κ1) is 18.6. The van der Waals surface area contributed by atoms with Crippen molar-refractivity contribution in [1.29, 1.82) is 0 Å². The Hall–Kier alpha value is -2.78. The summed E-state index contributed by atoms with van der Waals surface area (Å²) < 4.78 is 12.4. The molecule has 28 heavy (non-hydrogen) atoms. The molecule has 3 atom stereocenters. The van der Waals surface area contributed by atoms with Gasteiger partial charge in [-0.1, -0.05) is 60.7 Å². The Kier molecular flexibility index (Phi) is 5.36. The predicted octanol–water partition coefficient (Wildman–Crippen LogP) is 5.23. The van der Waals surface area contributed by atoms with Crippen LogP contribution in [0, 0.1) is 0 Å². The van der Waals surface area contributed by atoms with Crippen LogP contribution in [0.15, 0.2) is 84.9 Å². The van der Waals surface area contributed by atoms with Crippen LogP contribution in [-0.4, -0.2) is 30.8 Å². The van der Waals surface area contributed by atoms with E-state index in [0.29, 0.717) is 12.1 Å². The van der Waals surface area contributed by atoms with Gasteiger partial charge in [0.05, 0.1) is 7.11 Å². The van der Waals surface area contributed by atoms with E-state index in [0.717, 1.165) is 35.7 Å². The van der Waals surface area contributed by atoms with Crippen molar-refractivity contribution >= 4 is 0 Å². The van der Waals surface area contributed by atoms with Crippen molar-refractivity contribution in [2.45, 2.75) is 25.6 Å². The number of hydrogen-bond acceptors (Lipinski definition) is 2. The van der Waals surface area contributed by atoms with Gasteiger partial charge in [0.1, 0.15) is 37.2 Å². The van der Waals surface area contributed by atoms with E-state index in [1.54, 1.807) is 7.11 Å². The van der Waals surface area contributed by atoms with Crippen LogP contribution in [0.25, 0.3) is 0 Å². The second-order valence-electron chi connectivity index (χ2n) is 7.66. The summed E-state index contributed by atoms with van der Waals surface area (Å²) in [7, 11) is 1.68. The molecule has 1 saturated heterocycles. The van der Waals surface area contributed by atoms with Gasteiger partial charge in [-0.05, 0) is 31.2 Å². The second-order valence-corrected chi connectivity index (χ2v) is 7.66. The van der Waals surface area contributed by atoms with E-state index in [4.69, 9.17) is 9.47 Å². The molecule has 0 aromatic heterocycles. The molecule has 3 heteroatoms. The van der Waals surface area contributed by atoms with Crippen molar-refractivity contribution in [3.63, 3.8) is 0 Å². The molecule has 0 amide bonds. The molecule has 0 N–H and O–H groups in total. The highest BCUT2D eigenvalue weighted by Crippen LogP contribution is 2.45. The van der Waals surface area contributed by atoms with E-state index in [-0.39, 0.29) is 0 Å². The van der Waals surface area contributed by atoms with E-state index in [1.807, 2.05) is 24.3 Å². The molecule has 1 heterocycles. The predicted molar refractivity (Wildman–Crippen MR) is 112 cm³/mol. The Morgan fingerprint density at radius 2 is 1.46 bits per heavy atom. The monoisotopic (exact) mass is 374 g/mol. The fourth-order valence-electron chi connectivity index (χ4n) is 4.17. The summed E-state index contributed by atoms with van der Waals surface area (Å²) in [5.41, 5.74) is 2.78. The number of methoxy groups -OCH3 is 1. The summed E-state index contributed by atoms with van der Waals surface area (Å²) in [4.78, 5) is 0. The smallest absolute Gasteiger partial charge is 0.174 e. The van der Waals surface area contributed by atoms with Gasteiger partial charge in [-0.2, -0.15) is 0 Å². The maximum absolute atomic E-state index is 6.14. The SMILES string of the molecule is COc1ccc(OC[C@@H]2C[N+]2(Cc2ccccc2)[C@H](C)c2ccccc2)cc1. The first-order chi connectivity index (χ1) is 13.7. The molecule has 0 spiro atoms. The molecule has 0 radical (unpaired) electrons. The van der Waals surface area contributed by atoms with Crippen LogP contribution in [-0.2, 0) is 6.54 Å². The Morgan fingerprint density at radius 3 is 2.11 bits per heavy atom. The lowest BCUT2D eigenvalue weighted by molar-refractivity contribution is -0.859. The average Bonchev–Trinajstić information content (AvgIpc) is 3.47. The molecule has 0 bridgehead atoms. The number of ether oxygens (including phenoxy) is 2. The minimum atomic E-state index is 0.436. The number of rotatable bonds is 8. The summed E-state index contributed by atoms with van der Waals surface area (Å²) in [6.45, 7) is 5.26. The molecule has 1 aliphatic rings. The van der Waals surface area contributed by atoms with Gasteiger partial charge >= 0.3 is 0 Å². The van der Waals surface area contributed by atoms with Crippen LogP contribution in [0.1, 0.15) is 24.1 Å². The minimum Gasteiger partial charge on any atom is -0.497 e. The van der Waals surface area contributed by atoms with Crippen molar-refractivity contribution in [1.82, 2.24) is 0 Å². The normalized spacial score (nSPS) is 21.7. The van der Waals surface area contributed by atoms with Crippen LogP contribution < -0.4 is 9.47 Å². The molecule has 1 unspecified atom stereocenters. The molecule has 1 fully saturated rings. The maximum atomic E-state index is 6.14. The van der Waals surface area contributed by atoms with Crippen molar-refractivity contribution < 1.29 is 14.0 Å². The minimum absolute atomic E-state index is 0.436.